The highest BCUT2D eigenvalue weighted by Crippen LogP contribution is 2.18. The Morgan fingerprint density at radius 2 is 1.84 bits per heavy atom. The predicted molar refractivity (Wildman–Crippen MR) is 100 cm³/mol. The fourth-order valence-corrected chi connectivity index (χ4v) is 2.69. The summed E-state index contributed by atoms with van der Waals surface area (Å²) in [7, 11) is 0. The molecule has 25 heavy (non-hydrogen) atoms. The molecule has 1 atom stereocenters. The monoisotopic (exact) mass is 354 g/mol. The molecule has 0 fully saturated rings. The van der Waals surface area contributed by atoms with Crippen molar-refractivity contribution in [3.8, 4) is 0 Å². The number of rotatable bonds is 5. The molecule has 0 saturated heterocycles. The minimum absolute atomic E-state index is 0.322. The van der Waals surface area contributed by atoms with Gasteiger partial charge in [0, 0.05) is 16.3 Å². The van der Waals surface area contributed by atoms with Gasteiger partial charge >= 0.3 is 5.97 Å². The number of carbonyl (C=O) groups excluding carboxylic acids is 1. The van der Waals surface area contributed by atoms with Crippen LogP contribution in [0.1, 0.15) is 30.0 Å². The van der Waals surface area contributed by atoms with Crippen molar-refractivity contribution in [3.63, 3.8) is 0 Å². The minimum atomic E-state index is -0.666. The van der Waals surface area contributed by atoms with E-state index in [-0.39, 0.29) is 5.97 Å². The Kier molecular flexibility index (Phi) is 5.29. The van der Waals surface area contributed by atoms with Crippen molar-refractivity contribution in [1.29, 1.82) is 0 Å². The summed E-state index contributed by atoms with van der Waals surface area (Å²) in [6, 6.07) is 14.6. The molecule has 128 valence electrons. The molecule has 1 heterocycles. The number of carbonyl (C=O) groups is 1. The van der Waals surface area contributed by atoms with Crippen molar-refractivity contribution in [2.75, 3.05) is 0 Å². The molecule has 0 amide bonds. The highest BCUT2D eigenvalue weighted by atomic mass is 35.5. The number of nitrogens with zero attached hydrogens (tertiary/aromatic N) is 2. The summed E-state index contributed by atoms with van der Waals surface area (Å²) in [5.41, 5.74) is 3.77. The first-order valence-electron chi connectivity index (χ1n) is 8.21. The maximum absolute atomic E-state index is 12.2. The number of halogens is 1. The molecule has 0 N–H and O–H groups in total. The Balaban J connectivity index is 1.79. The lowest BCUT2D eigenvalue weighted by molar-refractivity contribution is -0.133. The summed E-state index contributed by atoms with van der Waals surface area (Å²) < 4.78 is 5.34. The number of esters is 1. The average molecular weight is 355 g/mol. The molecule has 0 saturated carbocycles. The number of cyclic esters (lactones) is 1. The van der Waals surface area contributed by atoms with Crippen LogP contribution in [0.2, 0.25) is 5.02 Å². The van der Waals surface area contributed by atoms with E-state index in [0.717, 1.165) is 16.8 Å². The lowest BCUT2D eigenvalue weighted by Gasteiger charge is -2.06. The summed E-state index contributed by atoms with van der Waals surface area (Å²) in [5, 5.41) is 0.624. The van der Waals surface area contributed by atoms with E-state index < -0.39 is 6.04 Å². The minimum Gasteiger partial charge on any atom is -0.405 e. The van der Waals surface area contributed by atoms with Gasteiger partial charge in [0.25, 0.3) is 0 Å². The molecule has 3 rings (SSSR count). The van der Waals surface area contributed by atoms with E-state index >= 15 is 0 Å². The third-order valence-electron chi connectivity index (χ3n) is 4.02. The van der Waals surface area contributed by atoms with Crippen molar-refractivity contribution >= 4 is 29.2 Å². The van der Waals surface area contributed by atoms with Crippen molar-refractivity contribution in [3.05, 3.63) is 70.2 Å². The highest BCUT2D eigenvalue weighted by molar-refractivity contribution is 6.30. The molecule has 2 aromatic carbocycles. The van der Waals surface area contributed by atoms with Gasteiger partial charge in [0.2, 0.25) is 5.90 Å². The third-order valence-corrected chi connectivity index (χ3v) is 4.27. The second-order valence-corrected chi connectivity index (χ2v) is 6.35. The number of hydrogen-bond acceptors (Lipinski definition) is 4. The zero-order chi connectivity index (χ0) is 17.8. The molecule has 1 aliphatic heterocycles. The highest BCUT2D eigenvalue weighted by Gasteiger charge is 2.33. The van der Waals surface area contributed by atoms with Crippen molar-refractivity contribution < 1.29 is 9.53 Å². The molecule has 5 heteroatoms. The molecule has 0 radical (unpaired) electrons. The van der Waals surface area contributed by atoms with Gasteiger partial charge in [-0.15, -0.1) is 0 Å². The van der Waals surface area contributed by atoms with Crippen LogP contribution >= 0.6 is 11.6 Å². The van der Waals surface area contributed by atoms with E-state index in [4.69, 9.17) is 16.3 Å². The summed E-state index contributed by atoms with van der Waals surface area (Å²) in [5.74, 6) is -0.0578. The zero-order valence-corrected chi connectivity index (χ0v) is 15.0. The maximum Gasteiger partial charge on any atom is 0.343 e. The Morgan fingerprint density at radius 3 is 2.48 bits per heavy atom. The fraction of sp³-hybridized carbons (Fsp3) is 0.250. The second-order valence-electron chi connectivity index (χ2n) is 5.91. The number of hydrogen-bond donors (Lipinski definition) is 0. The average Bonchev–Trinajstić information content (AvgIpc) is 2.99. The third kappa shape index (κ3) is 4.15. The van der Waals surface area contributed by atoms with Crippen LogP contribution in [0.25, 0.3) is 0 Å². The first-order valence-corrected chi connectivity index (χ1v) is 8.59. The molecule has 0 aliphatic carbocycles. The maximum atomic E-state index is 12.2. The molecule has 1 aliphatic rings. The summed E-state index contributed by atoms with van der Waals surface area (Å²) in [6.07, 6.45) is 0.642. The normalized spacial score (nSPS) is 17.4. The quantitative estimate of drug-likeness (QED) is 0.591. The Morgan fingerprint density at radius 1 is 1.16 bits per heavy atom. The van der Waals surface area contributed by atoms with E-state index in [9.17, 15) is 4.79 Å². The van der Waals surface area contributed by atoms with Gasteiger partial charge in [-0.05, 0) is 43.2 Å². The van der Waals surface area contributed by atoms with Gasteiger partial charge in [-0.2, -0.15) is 0 Å². The Bertz CT molecular complexity index is 824. The lowest BCUT2D eigenvalue weighted by Crippen LogP contribution is -2.25. The van der Waals surface area contributed by atoms with Crippen LogP contribution in [0, 0.1) is 6.92 Å². The summed E-state index contributed by atoms with van der Waals surface area (Å²) in [6.45, 7) is 4.54. The fourth-order valence-electron chi connectivity index (χ4n) is 2.56. The van der Waals surface area contributed by atoms with E-state index in [2.05, 4.69) is 22.1 Å². The zero-order valence-electron chi connectivity index (χ0n) is 14.2. The lowest BCUT2D eigenvalue weighted by atomic mass is 10.1. The van der Waals surface area contributed by atoms with Crippen LogP contribution in [-0.4, -0.2) is 23.6 Å². The first-order chi connectivity index (χ1) is 12.1. The van der Waals surface area contributed by atoms with Gasteiger partial charge in [0.05, 0.1) is 6.54 Å². The molecule has 4 nitrogen and oxygen atoms in total. The number of ether oxygens (including phenoxy) is 1. The van der Waals surface area contributed by atoms with Gasteiger partial charge in [0.1, 0.15) is 0 Å². The van der Waals surface area contributed by atoms with E-state index in [0.29, 0.717) is 23.9 Å². The smallest absolute Gasteiger partial charge is 0.343 e. The van der Waals surface area contributed by atoms with Crippen LogP contribution in [0.3, 0.4) is 0 Å². The van der Waals surface area contributed by atoms with Crippen LogP contribution in [0.5, 0.6) is 0 Å². The molecule has 2 aromatic rings. The van der Waals surface area contributed by atoms with Gasteiger partial charge < -0.3 is 4.74 Å². The largest absolute Gasteiger partial charge is 0.405 e. The van der Waals surface area contributed by atoms with Gasteiger partial charge in [-0.25, -0.2) is 9.79 Å². The van der Waals surface area contributed by atoms with Crippen LogP contribution < -0.4 is 0 Å². The Labute approximate surface area is 152 Å². The van der Waals surface area contributed by atoms with Crippen LogP contribution in [-0.2, 0) is 16.1 Å². The Hall–Kier alpha value is -2.46. The molecular weight excluding hydrogens is 336 g/mol. The first kappa shape index (κ1) is 17.4. The number of aryl methyl sites for hydroxylation is 1. The molecule has 0 bridgehead atoms. The SMILES string of the molecule is CCC(=NCc1ccc(C)cc1)C1N=C(c2ccc(Cl)cc2)OC1=O. The van der Waals surface area contributed by atoms with E-state index in [1.807, 2.05) is 26.0 Å². The van der Waals surface area contributed by atoms with Crippen LogP contribution in [0.4, 0.5) is 0 Å². The summed E-state index contributed by atoms with van der Waals surface area (Å²) >= 11 is 5.89. The van der Waals surface area contributed by atoms with Gasteiger partial charge in [-0.1, -0.05) is 48.4 Å². The van der Waals surface area contributed by atoms with E-state index in [1.165, 1.54) is 5.56 Å². The molecular formula is C20H19ClN2O2. The summed E-state index contributed by atoms with van der Waals surface area (Å²) in [4.78, 5) is 21.3. The van der Waals surface area contributed by atoms with E-state index in [1.54, 1.807) is 24.3 Å². The topological polar surface area (TPSA) is 51.0 Å². The van der Waals surface area contributed by atoms with Gasteiger partial charge in [0.15, 0.2) is 6.04 Å². The van der Waals surface area contributed by atoms with Crippen molar-refractivity contribution in [2.24, 2.45) is 9.98 Å². The number of benzene rings is 2. The molecule has 1 unspecified atom stereocenters. The standard InChI is InChI=1S/C20H19ClN2O2/c1-3-17(22-12-14-6-4-13(2)5-7-14)18-20(24)25-19(23-18)15-8-10-16(21)11-9-15/h4-11,18H,3,12H2,1-2H3. The predicted octanol–water partition coefficient (Wildman–Crippen LogP) is 4.37. The molecule has 0 aromatic heterocycles. The second kappa shape index (κ2) is 7.62. The van der Waals surface area contributed by atoms with Crippen molar-refractivity contribution in [2.45, 2.75) is 32.9 Å². The number of aliphatic imine (C=N–C) groups is 2. The molecule has 0 spiro atoms. The van der Waals surface area contributed by atoms with Gasteiger partial charge in [-0.3, -0.25) is 4.99 Å². The van der Waals surface area contributed by atoms with Crippen molar-refractivity contribution in [1.82, 2.24) is 0 Å². The van der Waals surface area contributed by atoms with Crippen LogP contribution in [0.15, 0.2) is 58.5 Å².